The Labute approximate surface area is 183 Å². The molecule has 0 saturated heterocycles. The van der Waals surface area contributed by atoms with E-state index in [9.17, 15) is 4.79 Å². The molecule has 3 aromatic rings. The van der Waals surface area contributed by atoms with Gasteiger partial charge in [-0.1, -0.05) is 36.4 Å². The van der Waals surface area contributed by atoms with Crippen LogP contribution < -0.4 is 14.8 Å². The van der Waals surface area contributed by atoms with Crippen LogP contribution in [0.5, 0.6) is 11.5 Å². The number of aromatic nitrogens is 2. The van der Waals surface area contributed by atoms with E-state index in [0.717, 1.165) is 22.5 Å². The maximum atomic E-state index is 12.4. The first kappa shape index (κ1) is 22.2. The number of rotatable bonds is 9. The lowest BCUT2D eigenvalue weighted by Gasteiger charge is -2.09. The number of aryl methyl sites for hydroxylation is 1. The zero-order valence-corrected chi connectivity index (χ0v) is 18.5. The van der Waals surface area contributed by atoms with Crippen LogP contribution in [0.4, 0.5) is 0 Å². The van der Waals surface area contributed by atoms with Crippen LogP contribution in [0, 0.1) is 13.8 Å². The minimum atomic E-state index is -0.164. The first-order chi connectivity index (χ1) is 15.0. The molecular formula is C25H29N3O3. The van der Waals surface area contributed by atoms with Gasteiger partial charge in [-0.15, -0.1) is 0 Å². The molecule has 0 saturated carbocycles. The summed E-state index contributed by atoms with van der Waals surface area (Å²) in [5.74, 6) is 1.16. The average Bonchev–Trinajstić information content (AvgIpc) is 3.04. The summed E-state index contributed by atoms with van der Waals surface area (Å²) >= 11 is 0. The third-order valence-corrected chi connectivity index (χ3v) is 5.06. The van der Waals surface area contributed by atoms with Crippen LogP contribution in [0.2, 0.25) is 0 Å². The Morgan fingerprint density at radius 2 is 1.90 bits per heavy atom. The van der Waals surface area contributed by atoms with Gasteiger partial charge in [0.2, 0.25) is 5.91 Å². The second kappa shape index (κ2) is 10.5. The number of benzene rings is 2. The highest BCUT2D eigenvalue weighted by atomic mass is 16.5. The predicted octanol–water partition coefficient (Wildman–Crippen LogP) is 4.29. The molecule has 0 aliphatic heterocycles. The van der Waals surface area contributed by atoms with Crippen molar-refractivity contribution in [3.05, 3.63) is 82.7 Å². The first-order valence-corrected chi connectivity index (χ1v) is 10.3. The molecule has 0 aliphatic carbocycles. The fourth-order valence-corrected chi connectivity index (χ4v) is 3.37. The molecular weight excluding hydrogens is 390 g/mol. The Morgan fingerprint density at radius 1 is 1.13 bits per heavy atom. The van der Waals surface area contributed by atoms with E-state index in [1.54, 1.807) is 13.2 Å². The van der Waals surface area contributed by atoms with E-state index in [2.05, 4.69) is 22.5 Å². The van der Waals surface area contributed by atoms with Gasteiger partial charge >= 0.3 is 0 Å². The lowest BCUT2D eigenvalue weighted by molar-refractivity contribution is -0.116. The standard InChI is InChI=1S/C25H29N3O3/c1-5-31-23-13-11-20(15-24(23)30-4)12-14-25(29)26-16-22-18(2)27-28(19(22)3)17-21-9-7-6-8-10-21/h6-15H,5,16-17H2,1-4H3,(H,26,29). The third kappa shape index (κ3) is 5.75. The number of nitrogens with zero attached hydrogens (tertiary/aromatic N) is 2. The third-order valence-electron chi connectivity index (χ3n) is 5.06. The fraction of sp³-hybridized carbons (Fsp3) is 0.280. The quantitative estimate of drug-likeness (QED) is 0.526. The highest BCUT2D eigenvalue weighted by Gasteiger charge is 2.12. The van der Waals surface area contributed by atoms with Gasteiger partial charge in [0.05, 0.1) is 26.0 Å². The molecule has 6 nitrogen and oxygen atoms in total. The van der Waals surface area contributed by atoms with Gasteiger partial charge in [-0.2, -0.15) is 5.10 Å². The molecule has 1 N–H and O–H groups in total. The van der Waals surface area contributed by atoms with E-state index in [1.165, 1.54) is 11.6 Å². The second-order valence-corrected chi connectivity index (χ2v) is 7.19. The zero-order chi connectivity index (χ0) is 22.2. The van der Waals surface area contributed by atoms with Crippen molar-refractivity contribution < 1.29 is 14.3 Å². The van der Waals surface area contributed by atoms with E-state index >= 15 is 0 Å². The van der Waals surface area contributed by atoms with Crippen molar-refractivity contribution in [2.45, 2.75) is 33.9 Å². The van der Waals surface area contributed by atoms with Crippen molar-refractivity contribution in [1.82, 2.24) is 15.1 Å². The number of amides is 1. The zero-order valence-electron chi connectivity index (χ0n) is 18.5. The molecule has 2 aromatic carbocycles. The summed E-state index contributed by atoms with van der Waals surface area (Å²) in [4.78, 5) is 12.4. The molecule has 162 valence electrons. The molecule has 0 aliphatic rings. The van der Waals surface area contributed by atoms with Gasteiger partial charge in [0.15, 0.2) is 11.5 Å². The largest absolute Gasteiger partial charge is 0.493 e. The predicted molar refractivity (Wildman–Crippen MR) is 122 cm³/mol. The van der Waals surface area contributed by atoms with Crippen LogP contribution in [0.3, 0.4) is 0 Å². The number of carbonyl (C=O) groups is 1. The van der Waals surface area contributed by atoms with Crippen molar-refractivity contribution in [2.24, 2.45) is 0 Å². The Balaban J connectivity index is 1.62. The van der Waals surface area contributed by atoms with Crippen molar-refractivity contribution in [1.29, 1.82) is 0 Å². The van der Waals surface area contributed by atoms with Gasteiger partial charge in [-0.3, -0.25) is 9.48 Å². The van der Waals surface area contributed by atoms with Crippen LogP contribution in [-0.4, -0.2) is 29.4 Å². The summed E-state index contributed by atoms with van der Waals surface area (Å²) in [6, 6.07) is 15.8. The highest BCUT2D eigenvalue weighted by molar-refractivity contribution is 5.91. The summed E-state index contributed by atoms with van der Waals surface area (Å²) < 4.78 is 12.9. The molecule has 0 bridgehead atoms. The van der Waals surface area contributed by atoms with Gasteiger partial charge in [0.25, 0.3) is 0 Å². The normalized spacial score (nSPS) is 11.0. The van der Waals surface area contributed by atoms with Crippen LogP contribution in [0.1, 0.15) is 35.0 Å². The SMILES string of the molecule is CCOc1ccc(C=CC(=O)NCc2c(C)nn(Cc3ccccc3)c2C)cc1OC. The number of methoxy groups -OCH3 is 1. The summed E-state index contributed by atoms with van der Waals surface area (Å²) in [5, 5.41) is 7.59. The molecule has 0 fully saturated rings. The summed E-state index contributed by atoms with van der Waals surface area (Å²) in [5.41, 5.74) is 5.08. The Hall–Kier alpha value is -3.54. The summed E-state index contributed by atoms with van der Waals surface area (Å²) in [6.45, 7) is 7.63. The van der Waals surface area contributed by atoms with Crippen molar-refractivity contribution in [2.75, 3.05) is 13.7 Å². The maximum Gasteiger partial charge on any atom is 0.244 e. The Morgan fingerprint density at radius 3 is 2.61 bits per heavy atom. The molecule has 6 heteroatoms. The fourth-order valence-electron chi connectivity index (χ4n) is 3.37. The van der Waals surface area contributed by atoms with Crippen molar-refractivity contribution >= 4 is 12.0 Å². The van der Waals surface area contributed by atoms with E-state index in [0.29, 0.717) is 31.2 Å². The smallest absolute Gasteiger partial charge is 0.244 e. The topological polar surface area (TPSA) is 65.4 Å². The molecule has 0 unspecified atom stereocenters. The summed E-state index contributed by atoms with van der Waals surface area (Å²) in [7, 11) is 1.60. The average molecular weight is 420 g/mol. The molecule has 0 atom stereocenters. The summed E-state index contributed by atoms with van der Waals surface area (Å²) in [6.07, 6.45) is 3.28. The molecule has 0 radical (unpaired) electrons. The van der Waals surface area contributed by atoms with E-state index in [4.69, 9.17) is 9.47 Å². The number of ether oxygens (including phenoxy) is 2. The molecule has 1 amide bonds. The highest BCUT2D eigenvalue weighted by Crippen LogP contribution is 2.28. The second-order valence-electron chi connectivity index (χ2n) is 7.19. The Kier molecular flexibility index (Phi) is 7.49. The number of nitrogens with one attached hydrogen (secondary N) is 1. The van der Waals surface area contributed by atoms with Crippen LogP contribution in [0.25, 0.3) is 6.08 Å². The number of hydrogen-bond donors (Lipinski definition) is 1. The minimum absolute atomic E-state index is 0.164. The van der Waals surface area contributed by atoms with Crippen molar-refractivity contribution in [3.8, 4) is 11.5 Å². The number of hydrogen-bond acceptors (Lipinski definition) is 4. The van der Waals surface area contributed by atoms with E-state index < -0.39 is 0 Å². The van der Waals surface area contributed by atoms with Gasteiger partial charge in [0, 0.05) is 23.9 Å². The molecule has 1 aromatic heterocycles. The lowest BCUT2D eigenvalue weighted by atomic mass is 10.1. The molecule has 1 heterocycles. The van der Waals surface area contributed by atoms with Gasteiger partial charge < -0.3 is 14.8 Å². The number of carbonyl (C=O) groups excluding carboxylic acids is 1. The van der Waals surface area contributed by atoms with E-state index in [-0.39, 0.29) is 5.91 Å². The maximum absolute atomic E-state index is 12.4. The van der Waals surface area contributed by atoms with Crippen LogP contribution >= 0.6 is 0 Å². The van der Waals surface area contributed by atoms with E-state index in [1.807, 2.05) is 61.9 Å². The minimum Gasteiger partial charge on any atom is -0.493 e. The van der Waals surface area contributed by atoms with Gasteiger partial charge in [-0.05, 0) is 50.1 Å². The molecule has 3 rings (SSSR count). The molecule has 31 heavy (non-hydrogen) atoms. The Bertz CT molecular complexity index is 1060. The van der Waals surface area contributed by atoms with Crippen LogP contribution in [0.15, 0.2) is 54.6 Å². The van der Waals surface area contributed by atoms with Gasteiger partial charge in [-0.25, -0.2) is 0 Å². The monoisotopic (exact) mass is 419 g/mol. The van der Waals surface area contributed by atoms with Gasteiger partial charge in [0.1, 0.15) is 0 Å². The lowest BCUT2D eigenvalue weighted by Crippen LogP contribution is -2.21. The first-order valence-electron chi connectivity index (χ1n) is 10.3. The van der Waals surface area contributed by atoms with Crippen LogP contribution in [-0.2, 0) is 17.9 Å². The van der Waals surface area contributed by atoms with Crippen molar-refractivity contribution in [3.63, 3.8) is 0 Å². The molecule has 0 spiro atoms.